The molecular weight excluding hydrogens is 222 g/mol. The van der Waals surface area contributed by atoms with Crippen LogP contribution in [-0.2, 0) is 12.0 Å². The second-order valence-corrected chi connectivity index (χ2v) is 6.06. The van der Waals surface area contributed by atoms with Crippen LogP contribution >= 0.6 is 0 Å². The predicted molar refractivity (Wildman–Crippen MR) is 69.7 cm³/mol. The van der Waals surface area contributed by atoms with Gasteiger partial charge in [-0.05, 0) is 49.1 Å². The molecule has 0 heterocycles. The summed E-state index contributed by atoms with van der Waals surface area (Å²) in [6.07, 6.45) is 4.30. The highest BCUT2D eigenvalue weighted by molar-refractivity contribution is 5.41. The lowest BCUT2D eigenvalue weighted by molar-refractivity contribution is -0.0591. The molecule has 1 N–H and O–H groups in total. The van der Waals surface area contributed by atoms with Crippen molar-refractivity contribution in [3.05, 3.63) is 35.4 Å². The summed E-state index contributed by atoms with van der Waals surface area (Å²) in [6, 6.07) is 10.6. The molecule has 2 aliphatic carbocycles. The summed E-state index contributed by atoms with van der Waals surface area (Å²) in [6.45, 7) is 2.18. The van der Waals surface area contributed by atoms with Gasteiger partial charge in [0.05, 0.1) is 11.5 Å². The van der Waals surface area contributed by atoms with Crippen molar-refractivity contribution in [3.8, 4) is 6.07 Å². The molecule has 0 aromatic heterocycles. The number of nitriles is 1. The summed E-state index contributed by atoms with van der Waals surface area (Å²) < 4.78 is 0. The van der Waals surface area contributed by atoms with Crippen LogP contribution in [0.4, 0.5) is 0 Å². The van der Waals surface area contributed by atoms with Crippen molar-refractivity contribution in [2.45, 2.75) is 44.6 Å². The van der Waals surface area contributed by atoms with Crippen LogP contribution in [0.25, 0.3) is 0 Å². The lowest BCUT2D eigenvalue weighted by Crippen LogP contribution is -2.41. The van der Waals surface area contributed by atoms with E-state index in [0.717, 1.165) is 31.2 Å². The van der Waals surface area contributed by atoms with Gasteiger partial charge in [-0.15, -0.1) is 0 Å². The van der Waals surface area contributed by atoms with Crippen molar-refractivity contribution >= 4 is 0 Å². The van der Waals surface area contributed by atoms with Crippen molar-refractivity contribution < 1.29 is 5.11 Å². The molecular formula is C16H19NO. The Bertz CT molecular complexity index is 518. The van der Waals surface area contributed by atoms with E-state index in [9.17, 15) is 10.4 Å². The van der Waals surface area contributed by atoms with Crippen molar-refractivity contribution in [1.29, 1.82) is 5.26 Å². The second kappa shape index (κ2) is 3.83. The molecule has 3 atom stereocenters. The highest BCUT2D eigenvalue weighted by Gasteiger charge is 2.57. The maximum absolute atomic E-state index is 11.2. The van der Waals surface area contributed by atoms with Crippen molar-refractivity contribution in [3.63, 3.8) is 0 Å². The summed E-state index contributed by atoms with van der Waals surface area (Å²) in [5, 5.41) is 20.9. The Morgan fingerprint density at radius 2 is 2.11 bits per heavy atom. The number of hydrogen-bond donors (Lipinski definition) is 1. The fourth-order valence-electron chi connectivity index (χ4n) is 3.95. The monoisotopic (exact) mass is 241 g/mol. The Morgan fingerprint density at radius 1 is 1.33 bits per heavy atom. The molecule has 0 bridgehead atoms. The van der Waals surface area contributed by atoms with Gasteiger partial charge in [0.15, 0.2) is 0 Å². The standard InChI is InChI=1S/C16H19NO/c1-12-6-8-15(10-12,11-17)16(18)9-7-13-4-2-3-5-14(13)16/h2-5,12,18H,6-10H2,1H3. The van der Waals surface area contributed by atoms with E-state index in [4.69, 9.17) is 0 Å². The van der Waals surface area contributed by atoms with Gasteiger partial charge < -0.3 is 5.11 Å². The van der Waals surface area contributed by atoms with Crippen molar-refractivity contribution in [2.75, 3.05) is 0 Å². The third-order valence-electron chi connectivity index (χ3n) is 4.99. The summed E-state index contributed by atoms with van der Waals surface area (Å²) in [5.41, 5.74) is 0.720. The van der Waals surface area contributed by atoms with E-state index in [2.05, 4.69) is 19.1 Å². The van der Waals surface area contributed by atoms with Gasteiger partial charge in [0.2, 0.25) is 0 Å². The normalized spacial score (nSPS) is 38.4. The minimum absolute atomic E-state index is 0.543. The Hall–Kier alpha value is -1.33. The highest BCUT2D eigenvalue weighted by Crippen LogP contribution is 2.57. The molecule has 2 aliphatic rings. The minimum Gasteiger partial charge on any atom is -0.383 e. The van der Waals surface area contributed by atoms with E-state index in [-0.39, 0.29) is 0 Å². The first-order chi connectivity index (χ1) is 8.61. The van der Waals surface area contributed by atoms with E-state index in [0.29, 0.717) is 12.3 Å². The fraction of sp³-hybridized carbons (Fsp3) is 0.562. The quantitative estimate of drug-likeness (QED) is 0.820. The molecule has 1 saturated carbocycles. The van der Waals surface area contributed by atoms with Gasteiger partial charge >= 0.3 is 0 Å². The Morgan fingerprint density at radius 3 is 2.78 bits per heavy atom. The molecule has 3 unspecified atom stereocenters. The smallest absolute Gasteiger partial charge is 0.109 e. The third-order valence-corrected chi connectivity index (χ3v) is 4.99. The molecule has 18 heavy (non-hydrogen) atoms. The molecule has 2 nitrogen and oxygen atoms in total. The average molecular weight is 241 g/mol. The zero-order valence-electron chi connectivity index (χ0n) is 10.8. The number of nitrogens with zero attached hydrogens (tertiary/aromatic N) is 1. The molecule has 0 spiro atoms. The van der Waals surface area contributed by atoms with Crippen molar-refractivity contribution in [2.24, 2.45) is 11.3 Å². The summed E-state index contributed by atoms with van der Waals surface area (Å²) in [4.78, 5) is 0. The number of rotatable bonds is 1. The predicted octanol–water partition coefficient (Wildman–Crippen LogP) is 3.15. The van der Waals surface area contributed by atoms with Gasteiger partial charge in [0.25, 0.3) is 0 Å². The van der Waals surface area contributed by atoms with E-state index < -0.39 is 11.0 Å². The van der Waals surface area contributed by atoms with Crippen LogP contribution < -0.4 is 0 Å². The molecule has 0 amide bonds. The van der Waals surface area contributed by atoms with Crippen LogP contribution in [0.15, 0.2) is 24.3 Å². The molecule has 2 heteroatoms. The number of benzene rings is 1. The molecule has 1 aromatic carbocycles. The first kappa shape index (κ1) is 11.7. The van der Waals surface area contributed by atoms with Gasteiger partial charge in [-0.2, -0.15) is 5.26 Å². The number of aryl methyl sites for hydroxylation is 1. The zero-order chi connectivity index (χ0) is 12.8. The van der Waals surface area contributed by atoms with Crippen LogP contribution in [0.5, 0.6) is 0 Å². The Kier molecular flexibility index (Phi) is 2.50. The molecule has 1 aromatic rings. The maximum atomic E-state index is 11.2. The van der Waals surface area contributed by atoms with Gasteiger partial charge in [0.1, 0.15) is 5.60 Å². The summed E-state index contributed by atoms with van der Waals surface area (Å²) in [5.74, 6) is 0.543. The Balaban J connectivity index is 2.09. The summed E-state index contributed by atoms with van der Waals surface area (Å²) >= 11 is 0. The molecule has 0 aliphatic heterocycles. The summed E-state index contributed by atoms with van der Waals surface area (Å²) in [7, 11) is 0. The van der Waals surface area contributed by atoms with Crippen LogP contribution in [0.1, 0.15) is 43.7 Å². The molecule has 1 fully saturated rings. The van der Waals surface area contributed by atoms with Gasteiger partial charge in [-0.1, -0.05) is 31.2 Å². The first-order valence-electron chi connectivity index (χ1n) is 6.83. The average Bonchev–Trinajstić information content (AvgIpc) is 2.94. The van der Waals surface area contributed by atoms with E-state index >= 15 is 0 Å². The van der Waals surface area contributed by atoms with Gasteiger partial charge in [0, 0.05) is 0 Å². The topological polar surface area (TPSA) is 44.0 Å². The van der Waals surface area contributed by atoms with E-state index in [1.165, 1.54) is 5.56 Å². The highest BCUT2D eigenvalue weighted by atomic mass is 16.3. The van der Waals surface area contributed by atoms with Gasteiger partial charge in [-0.3, -0.25) is 0 Å². The van der Waals surface area contributed by atoms with Crippen LogP contribution in [0, 0.1) is 22.7 Å². The molecule has 94 valence electrons. The number of fused-ring (bicyclic) bond motifs is 1. The zero-order valence-corrected chi connectivity index (χ0v) is 10.8. The van der Waals surface area contributed by atoms with E-state index in [1.807, 2.05) is 18.2 Å². The lowest BCUT2D eigenvalue weighted by atomic mass is 9.68. The molecule has 3 rings (SSSR count). The Labute approximate surface area is 108 Å². The van der Waals surface area contributed by atoms with Crippen molar-refractivity contribution in [1.82, 2.24) is 0 Å². The van der Waals surface area contributed by atoms with Crippen LogP contribution in [0.3, 0.4) is 0 Å². The number of hydrogen-bond acceptors (Lipinski definition) is 2. The lowest BCUT2D eigenvalue weighted by Gasteiger charge is -2.38. The largest absolute Gasteiger partial charge is 0.383 e. The molecule has 0 saturated heterocycles. The maximum Gasteiger partial charge on any atom is 0.109 e. The SMILES string of the molecule is CC1CCC(C#N)(C2(O)CCc3ccccc32)C1. The van der Waals surface area contributed by atoms with E-state index in [1.54, 1.807) is 0 Å². The van der Waals surface area contributed by atoms with Crippen LogP contribution in [-0.4, -0.2) is 5.11 Å². The second-order valence-electron chi connectivity index (χ2n) is 6.06. The number of aliphatic hydroxyl groups is 1. The first-order valence-corrected chi connectivity index (χ1v) is 6.83. The van der Waals surface area contributed by atoms with Gasteiger partial charge in [-0.25, -0.2) is 0 Å². The third kappa shape index (κ3) is 1.37. The fourth-order valence-corrected chi connectivity index (χ4v) is 3.95. The van der Waals surface area contributed by atoms with Crippen LogP contribution in [0.2, 0.25) is 0 Å². The molecule has 0 radical (unpaired) electrons. The minimum atomic E-state index is -0.927.